The van der Waals surface area contributed by atoms with E-state index in [1.165, 1.54) is 21.8 Å². The van der Waals surface area contributed by atoms with E-state index in [-0.39, 0.29) is 10.8 Å². The van der Waals surface area contributed by atoms with Crippen LogP contribution < -0.4 is 0 Å². The Morgan fingerprint density at radius 3 is 2.09 bits per heavy atom. The van der Waals surface area contributed by atoms with E-state index in [9.17, 15) is 5.11 Å². The van der Waals surface area contributed by atoms with Crippen molar-refractivity contribution in [3.05, 3.63) is 46.4 Å². The molecule has 1 unspecified atom stereocenters. The summed E-state index contributed by atoms with van der Waals surface area (Å²) in [4.78, 5) is 6.26. The second-order valence-corrected chi connectivity index (χ2v) is 9.97. The summed E-state index contributed by atoms with van der Waals surface area (Å²) in [6, 6.07) is 8.68. The molecule has 126 valence electrons. The third-order valence-corrected chi connectivity index (χ3v) is 6.34. The van der Waals surface area contributed by atoms with Crippen molar-refractivity contribution in [2.24, 2.45) is 5.41 Å². The fourth-order valence-electron chi connectivity index (χ4n) is 2.32. The maximum atomic E-state index is 11.3. The van der Waals surface area contributed by atoms with Crippen LogP contribution in [0.25, 0.3) is 0 Å². The Morgan fingerprint density at radius 1 is 1.04 bits per heavy atom. The molecule has 0 saturated carbocycles. The molecule has 2 nitrogen and oxygen atoms in total. The number of hydrogen-bond donors (Lipinski definition) is 1. The third-order valence-electron chi connectivity index (χ3n) is 4.25. The second kappa shape index (κ2) is 6.58. The Morgan fingerprint density at radius 2 is 1.65 bits per heavy atom. The molecular weight excluding hydrogens is 322 g/mol. The maximum Gasteiger partial charge on any atom is 0.114 e. The number of nitrogens with zero attached hydrogens (tertiary/aromatic N) is 1. The van der Waals surface area contributed by atoms with Gasteiger partial charge in [0, 0.05) is 16.8 Å². The SMILES string of the molecule is CC(C)(C)c1ccc(SCC(O)(c2cncs2)C(C)(C)C)cc1. The Balaban J connectivity index is 2.17. The van der Waals surface area contributed by atoms with E-state index >= 15 is 0 Å². The van der Waals surface area contributed by atoms with Crippen LogP contribution in [-0.2, 0) is 11.0 Å². The van der Waals surface area contributed by atoms with Gasteiger partial charge in [0.1, 0.15) is 5.60 Å². The van der Waals surface area contributed by atoms with Crippen LogP contribution in [0, 0.1) is 5.41 Å². The molecule has 1 N–H and O–H groups in total. The lowest BCUT2D eigenvalue weighted by Crippen LogP contribution is -2.41. The van der Waals surface area contributed by atoms with Gasteiger partial charge in [0.15, 0.2) is 0 Å². The first-order valence-corrected chi connectivity index (χ1v) is 9.75. The lowest BCUT2D eigenvalue weighted by Gasteiger charge is -2.39. The fraction of sp³-hybridized carbons (Fsp3) is 0.526. The normalized spacial score (nSPS) is 15.4. The smallest absolute Gasteiger partial charge is 0.114 e. The average molecular weight is 350 g/mol. The number of thiazole rings is 1. The molecule has 0 saturated heterocycles. The molecule has 1 heterocycles. The van der Waals surface area contributed by atoms with Crippen molar-refractivity contribution in [1.29, 1.82) is 0 Å². The van der Waals surface area contributed by atoms with Crippen LogP contribution in [0.1, 0.15) is 52.0 Å². The van der Waals surface area contributed by atoms with Gasteiger partial charge in [-0.25, -0.2) is 0 Å². The highest BCUT2D eigenvalue weighted by molar-refractivity contribution is 7.99. The van der Waals surface area contributed by atoms with Crippen LogP contribution in [0.15, 0.2) is 40.9 Å². The van der Waals surface area contributed by atoms with Crippen LogP contribution in [0.4, 0.5) is 0 Å². The molecule has 2 rings (SSSR count). The highest BCUT2D eigenvalue weighted by Gasteiger charge is 2.42. The molecule has 23 heavy (non-hydrogen) atoms. The van der Waals surface area contributed by atoms with Crippen LogP contribution in [0.5, 0.6) is 0 Å². The molecule has 0 radical (unpaired) electrons. The van der Waals surface area contributed by atoms with E-state index in [0.29, 0.717) is 5.75 Å². The van der Waals surface area contributed by atoms with Gasteiger partial charge in [0.05, 0.1) is 10.4 Å². The molecular formula is C19H27NOS2. The summed E-state index contributed by atoms with van der Waals surface area (Å²) in [5.74, 6) is 0.619. The van der Waals surface area contributed by atoms with E-state index in [1.54, 1.807) is 23.5 Å². The Bertz CT molecular complexity index is 621. The highest BCUT2D eigenvalue weighted by atomic mass is 32.2. The van der Waals surface area contributed by atoms with Crippen LogP contribution in [0.2, 0.25) is 0 Å². The number of aliphatic hydroxyl groups is 1. The second-order valence-electron chi connectivity index (χ2n) is 8.04. The molecule has 0 spiro atoms. The standard InChI is InChI=1S/C19H27NOS2/c1-17(2,3)14-7-9-15(10-8-14)22-12-19(21,18(4,5)6)16-11-20-13-23-16/h7-11,13,21H,12H2,1-6H3. The minimum Gasteiger partial charge on any atom is -0.383 e. The summed E-state index contributed by atoms with van der Waals surface area (Å²) in [5, 5.41) is 11.3. The van der Waals surface area contributed by atoms with E-state index in [1.807, 2.05) is 0 Å². The van der Waals surface area contributed by atoms with E-state index in [2.05, 4.69) is 70.8 Å². The van der Waals surface area contributed by atoms with Gasteiger partial charge in [-0.3, -0.25) is 4.98 Å². The highest BCUT2D eigenvalue weighted by Crippen LogP contribution is 2.44. The van der Waals surface area contributed by atoms with Gasteiger partial charge >= 0.3 is 0 Å². The molecule has 2 aromatic rings. The first-order chi connectivity index (χ1) is 10.5. The van der Waals surface area contributed by atoms with E-state index in [4.69, 9.17) is 0 Å². The zero-order valence-electron chi connectivity index (χ0n) is 14.9. The van der Waals surface area contributed by atoms with Crippen molar-refractivity contribution < 1.29 is 5.11 Å². The fourth-order valence-corrected chi connectivity index (χ4v) is 4.63. The molecule has 0 aliphatic carbocycles. The quantitative estimate of drug-likeness (QED) is 0.743. The summed E-state index contributed by atoms with van der Waals surface area (Å²) in [7, 11) is 0. The number of thioether (sulfide) groups is 1. The predicted octanol–water partition coefficient (Wildman–Crippen LogP) is 5.47. The van der Waals surface area contributed by atoms with Crippen molar-refractivity contribution >= 4 is 23.1 Å². The number of rotatable bonds is 4. The maximum absolute atomic E-state index is 11.3. The monoisotopic (exact) mass is 349 g/mol. The van der Waals surface area contributed by atoms with Gasteiger partial charge in [-0.15, -0.1) is 23.1 Å². The zero-order valence-corrected chi connectivity index (χ0v) is 16.5. The molecule has 0 aliphatic rings. The van der Waals surface area contributed by atoms with Crippen molar-refractivity contribution in [3.8, 4) is 0 Å². The Hall–Kier alpha value is -0.840. The van der Waals surface area contributed by atoms with Crippen LogP contribution in [-0.4, -0.2) is 15.8 Å². The first-order valence-electron chi connectivity index (χ1n) is 7.89. The minimum absolute atomic E-state index is 0.165. The van der Waals surface area contributed by atoms with Gasteiger partial charge < -0.3 is 5.11 Å². The zero-order chi connectivity index (χ0) is 17.3. The molecule has 1 aromatic carbocycles. The predicted molar refractivity (Wildman–Crippen MR) is 101 cm³/mol. The van der Waals surface area contributed by atoms with Gasteiger partial charge in [-0.2, -0.15) is 0 Å². The number of benzene rings is 1. The Kier molecular flexibility index (Phi) is 5.29. The van der Waals surface area contributed by atoms with Gasteiger partial charge in [0.25, 0.3) is 0 Å². The molecule has 0 aliphatic heterocycles. The first kappa shape index (κ1) is 18.5. The van der Waals surface area contributed by atoms with Gasteiger partial charge in [-0.05, 0) is 28.5 Å². The number of aromatic nitrogens is 1. The molecule has 0 fully saturated rings. The van der Waals surface area contributed by atoms with E-state index < -0.39 is 5.60 Å². The minimum atomic E-state index is -0.887. The van der Waals surface area contributed by atoms with Crippen LogP contribution >= 0.6 is 23.1 Å². The van der Waals surface area contributed by atoms with Crippen LogP contribution in [0.3, 0.4) is 0 Å². The lowest BCUT2D eigenvalue weighted by molar-refractivity contribution is -0.0392. The summed E-state index contributed by atoms with van der Waals surface area (Å²) in [6.45, 7) is 12.9. The molecule has 4 heteroatoms. The average Bonchev–Trinajstić information content (AvgIpc) is 2.97. The summed E-state index contributed by atoms with van der Waals surface area (Å²) >= 11 is 3.22. The van der Waals surface area contributed by atoms with Crippen molar-refractivity contribution in [2.45, 2.75) is 57.5 Å². The van der Waals surface area contributed by atoms with E-state index in [0.717, 1.165) is 4.88 Å². The van der Waals surface area contributed by atoms with Crippen molar-refractivity contribution in [1.82, 2.24) is 4.98 Å². The lowest BCUT2D eigenvalue weighted by atomic mass is 9.77. The largest absolute Gasteiger partial charge is 0.383 e. The summed E-state index contributed by atoms with van der Waals surface area (Å²) in [5.41, 5.74) is 2.14. The van der Waals surface area contributed by atoms with Crippen molar-refractivity contribution in [3.63, 3.8) is 0 Å². The molecule has 1 aromatic heterocycles. The molecule has 0 amide bonds. The summed E-state index contributed by atoms with van der Waals surface area (Å²) < 4.78 is 0. The van der Waals surface area contributed by atoms with Gasteiger partial charge in [-0.1, -0.05) is 53.7 Å². The summed E-state index contributed by atoms with van der Waals surface area (Å²) in [6.07, 6.45) is 1.79. The Labute approximate surface area is 148 Å². The third kappa shape index (κ3) is 4.17. The topological polar surface area (TPSA) is 33.1 Å². The molecule has 1 atom stereocenters. The van der Waals surface area contributed by atoms with Gasteiger partial charge in [0.2, 0.25) is 0 Å². The number of hydrogen-bond acceptors (Lipinski definition) is 4. The van der Waals surface area contributed by atoms with Crippen molar-refractivity contribution in [2.75, 3.05) is 5.75 Å². The molecule has 0 bridgehead atoms.